The van der Waals surface area contributed by atoms with Crippen LogP contribution in [0.5, 0.6) is 0 Å². The summed E-state index contributed by atoms with van der Waals surface area (Å²) >= 11 is 0. The molecule has 0 aromatic carbocycles. The van der Waals surface area contributed by atoms with E-state index in [9.17, 15) is 5.11 Å². The van der Waals surface area contributed by atoms with Gasteiger partial charge in [-0.05, 0) is 32.6 Å². The van der Waals surface area contributed by atoms with Gasteiger partial charge in [-0.1, -0.05) is 33.6 Å². The smallest absolute Gasteiger partial charge is 0.114 e. The molecule has 1 aliphatic rings. The second kappa shape index (κ2) is 6.17. The van der Waals surface area contributed by atoms with E-state index in [0.717, 1.165) is 25.7 Å². The van der Waals surface area contributed by atoms with E-state index in [2.05, 4.69) is 26.1 Å². The van der Waals surface area contributed by atoms with Crippen molar-refractivity contribution in [2.45, 2.75) is 84.3 Å². The first-order valence-electron chi connectivity index (χ1n) is 6.99. The van der Waals surface area contributed by atoms with E-state index < -0.39 is 0 Å². The first-order chi connectivity index (χ1) is 7.85. The highest BCUT2D eigenvalue weighted by Gasteiger charge is 2.42. The molecule has 1 fully saturated rings. The Balaban J connectivity index is 2.59. The summed E-state index contributed by atoms with van der Waals surface area (Å²) in [7, 11) is 0. The van der Waals surface area contributed by atoms with E-state index in [0.29, 0.717) is 5.92 Å². The highest BCUT2D eigenvalue weighted by atomic mass is 16.5. The molecule has 0 radical (unpaired) electrons. The number of aliphatic hydroxyl groups excluding tert-OH is 1. The van der Waals surface area contributed by atoms with Crippen molar-refractivity contribution in [3.8, 4) is 0 Å². The van der Waals surface area contributed by atoms with Gasteiger partial charge < -0.3 is 9.84 Å². The van der Waals surface area contributed by atoms with Crippen LogP contribution in [-0.2, 0) is 4.74 Å². The molecule has 3 heteroatoms. The van der Waals surface area contributed by atoms with Gasteiger partial charge in [-0.3, -0.25) is 5.32 Å². The molecule has 0 saturated carbocycles. The largest absolute Gasteiger partial charge is 0.390 e. The van der Waals surface area contributed by atoms with Crippen LogP contribution in [0.2, 0.25) is 0 Å². The maximum absolute atomic E-state index is 10.2. The molecule has 3 atom stereocenters. The first-order valence-corrected chi connectivity index (χ1v) is 6.99. The molecule has 1 rings (SSSR count). The summed E-state index contributed by atoms with van der Waals surface area (Å²) in [6.07, 6.45) is 3.68. The van der Waals surface area contributed by atoms with Crippen LogP contribution in [0.25, 0.3) is 0 Å². The molecule has 17 heavy (non-hydrogen) atoms. The Morgan fingerprint density at radius 1 is 1.35 bits per heavy atom. The van der Waals surface area contributed by atoms with Crippen LogP contribution >= 0.6 is 0 Å². The summed E-state index contributed by atoms with van der Waals surface area (Å²) in [6.45, 7) is 10.6. The van der Waals surface area contributed by atoms with Gasteiger partial charge in [-0.2, -0.15) is 0 Å². The van der Waals surface area contributed by atoms with Crippen LogP contribution in [0.4, 0.5) is 0 Å². The van der Waals surface area contributed by atoms with Crippen LogP contribution in [0, 0.1) is 5.92 Å². The summed E-state index contributed by atoms with van der Waals surface area (Å²) in [5, 5.41) is 13.7. The van der Waals surface area contributed by atoms with Crippen LogP contribution in [0.15, 0.2) is 0 Å². The number of unbranched alkanes of at least 4 members (excludes halogenated alkanes) is 1. The van der Waals surface area contributed by atoms with Crippen molar-refractivity contribution in [3.05, 3.63) is 0 Å². The van der Waals surface area contributed by atoms with Crippen molar-refractivity contribution >= 4 is 0 Å². The standard InChI is InChI=1S/C14H29NO2/c1-6-7-8-12(16)13-11(9-10(2)3)15-14(4,5)17-13/h10-13,15-16H,6-9H2,1-5H3/t11-,12+,13-/m0/s1. The lowest BCUT2D eigenvalue weighted by molar-refractivity contribution is -0.0801. The molecule has 0 bridgehead atoms. The Bertz CT molecular complexity index is 228. The summed E-state index contributed by atoms with van der Waals surface area (Å²) in [4.78, 5) is 0. The van der Waals surface area contributed by atoms with Crippen LogP contribution in [0.3, 0.4) is 0 Å². The maximum Gasteiger partial charge on any atom is 0.114 e. The summed E-state index contributed by atoms with van der Waals surface area (Å²) < 4.78 is 5.96. The SMILES string of the molecule is CCCC[C@@H](O)[C@H]1OC(C)(C)N[C@H]1CC(C)C. The van der Waals surface area contributed by atoms with Gasteiger partial charge in [-0.25, -0.2) is 0 Å². The Labute approximate surface area is 106 Å². The molecule has 0 spiro atoms. The van der Waals surface area contributed by atoms with Gasteiger partial charge in [0.2, 0.25) is 0 Å². The third-order valence-corrected chi connectivity index (χ3v) is 3.32. The number of aliphatic hydroxyl groups is 1. The minimum absolute atomic E-state index is 0.0565. The lowest BCUT2D eigenvalue weighted by Gasteiger charge is -2.24. The van der Waals surface area contributed by atoms with Gasteiger partial charge in [-0.15, -0.1) is 0 Å². The Hall–Kier alpha value is -0.120. The molecule has 0 aromatic rings. The Kier molecular flexibility index (Phi) is 5.42. The summed E-state index contributed by atoms with van der Waals surface area (Å²) in [5.74, 6) is 0.617. The lowest BCUT2D eigenvalue weighted by atomic mass is 9.94. The molecular weight excluding hydrogens is 214 g/mol. The van der Waals surface area contributed by atoms with E-state index in [1.54, 1.807) is 0 Å². The van der Waals surface area contributed by atoms with E-state index in [1.165, 1.54) is 0 Å². The fourth-order valence-electron chi connectivity index (χ4n) is 2.61. The third-order valence-electron chi connectivity index (χ3n) is 3.32. The minimum atomic E-state index is -0.340. The molecule has 1 saturated heterocycles. The highest BCUT2D eigenvalue weighted by molar-refractivity contribution is 4.94. The van der Waals surface area contributed by atoms with Gasteiger partial charge in [0.15, 0.2) is 0 Å². The predicted octanol–water partition coefficient (Wildman–Crippen LogP) is 2.68. The summed E-state index contributed by atoms with van der Waals surface area (Å²) in [5.41, 5.74) is -0.308. The Morgan fingerprint density at radius 2 is 2.00 bits per heavy atom. The number of ether oxygens (including phenoxy) is 1. The number of nitrogens with one attached hydrogen (secondary N) is 1. The minimum Gasteiger partial charge on any atom is -0.390 e. The third kappa shape index (κ3) is 4.57. The van der Waals surface area contributed by atoms with Crippen molar-refractivity contribution in [3.63, 3.8) is 0 Å². The van der Waals surface area contributed by atoms with Gasteiger partial charge in [0, 0.05) is 6.04 Å². The fourth-order valence-corrected chi connectivity index (χ4v) is 2.61. The topological polar surface area (TPSA) is 41.5 Å². The van der Waals surface area contributed by atoms with Crippen molar-refractivity contribution in [2.24, 2.45) is 5.92 Å². The summed E-state index contributed by atoms with van der Waals surface area (Å²) in [6, 6.07) is 0.275. The molecule has 0 aliphatic carbocycles. The average Bonchev–Trinajstić information content (AvgIpc) is 2.49. The van der Waals surface area contributed by atoms with Crippen molar-refractivity contribution in [2.75, 3.05) is 0 Å². The maximum atomic E-state index is 10.2. The monoisotopic (exact) mass is 243 g/mol. The number of hydrogen-bond donors (Lipinski definition) is 2. The first kappa shape index (κ1) is 14.9. The normalized spacial score (nSPS) is 29.8. The molecule has 1 aliphatic heterocycles. The molecule has 3 nitrogen and oxygen atoms in total. The average molecular weight is 243 g/mol. The quantitative estimate of drug-likeness (QED) is 0.753. The van der Waals surface area contributed by atoms with Gasteiger partial charge in [0.05, 0.1) is 6.10 Å². The van der Waals surface area contributed by atoms with Gasteiger partial charge >= 0.3 is 0 Å². The molecule has 0 unspecified atom stereocenters. The number of rotatable bonds is 6. The van der Waals surface area contributed by atoms with E-state index >= 15 is 0 Å². The molecule has 1 heterocycles. The fraction of sp³-hybridized carbons (Fsp3) is 1.00. The zero-order valence-corrected chi connectivity index (χ0v) is 12.0. The van der Waals surface area contributed by atoms with E-state index in [-0.39, 0.29) is 24.0 Å². The molecule has 0 amide bonds. The second-order valence-electron chi connectivity index (χ2n) is 6.18. The molecule has 102 valence electrons. The highest BCUT2D eigenvalue weighted by Crippen LogP contribution is 2.28. The van der Waals surface area contributed by atoms with E-state index in [1.807, 2.05) is 13.8 Å². The molecular formula is C14H29NO2. The Morgan fingerprint density at radius 3 is 2.53 bits per heavy atom. The zero-order chi connectivity index (χ0) is 13.1. The second-order valence-corrected chi connectivity index (χ2v) is 6.18. The van der Waals surface area contributed by atoms with Gasteiger partial charge in [0.1, 0.15) is 11.8 Å². The number of hydrogen-bond acceptors (Lipinski definition) is 3. The van der Waals surface area contributed by atoms with Gasteiger partial charge in [0.25, 0.3) is 0 Å². The van der Waals surface area contributed by atoms with E-state index in [4.69, 9.17) is 4.74 Å². The predicted molar refractivity (Wildman–Crippen MR) is 70.9 cm³/mol. The van der Waals surface area contributed by atoms with Crippen molar-refractivity contribution in [1.82, 2.24) is 5.32 Å². The lowest BCUT2D eigenvalue weighted by Crippen LogP contribution is -2.41. The van der Waals surface area contributed by atoms with Crippen molar-refractivity contribution < 1.29 is 9.84 Å². The molecule has 2 N–H and O–H groups in total. The van der Waals surface area contributed by atoms with Crippen LogP contribution < -0.4 is 5.32 Å². The van der Waals surface area contributed by atoms with Crippen molar-refractivity contribution in [1.29, 1.82) is 0 Å². The molecule has 0 aromatic heterocycles. The zero-order valence-electron chi connectivity index (χ0n) is 12.0. The van der Waals surface area contributed by atoms with Crippen LogP contribution in [0.1, 0.15) is 60.3 Å². The van der Waals surface area contributed by atoms with Crippen LogP contribution in [-0.4, -0.2) is 29.1 Å².